The number of ether oxygens (including phenoxy) is 1. The van der Waals surface area contributed by atoms with Gasteiger partial charge in [-0.25, -0.2) is 0 Å². The zero-order valence-electron chi connectivity index (χ0n) is 9.92. The molecule has 0 aliphatic rings. The molecule has 1 amide bonds. The van der Waals surface area contributed by atoms with E-state index >= 15 is 0 Å². The zero-order chi connectivity index (χ0) is 11.5. The van der Waals surface area contributed by atoms with E-state index in [1.54, 1.807) is 0 Å². The van der Waals surface area contributed by atoms with Crippen LogP contribution in [0, 0.1) is 0 Å². The van der Waals surface area contributed by atoms with Crippen molar-refractivity contribution < 1.29 is 9.53 Å². The summed E-state index contributed by atoms with van der Waals surface area (Å²) in [6.45, 7) is 5.54. The first-order chi connectivity index (χ1) is 7.16. The van der Waals surface area contributed by atoms with Gasteiger partial charge in [0, 0.05) is 19.2 Å². The summed E-state index contributed by atoms with van der Waals surface area (Å²) >= 11 is 0. The molecule has 0 heterocycles. The molecule has 4 nitrogen and oxygen atoms in total. The summed E-state index contributed by atoms with van der Waals surface area (Å²) in [6, 6.07) is 0.135. The Hall–Kier alpha value is -0.610. The Morgan fingerprint density at radius 1 is 1.47 bits per heavy atom. The third-order valence-corrected chi connectivity index (χ3v) is 2.05. The van der Waals surface area contributed by atoms with Crippen LogP contribution in [-0.4, -0.2) is 31.7 Å². The lowest BCUT2D eigenvalue weighted by Gasteiger charge is -2.07. The Bertz CT molecular complexity index is 161. The minimum atomic E-state index is -0.0489. The Balaban J connectivity index is 3.19. The van der Waals surface area contributed by atoms with E-state index in [0.29, 0.717) is 13.2 Å². The van der Waals surface area contributed by atoms with Crippen LogP contribution < -0.4 is 11.1 Å². The lowest BCUT2D eigenvalue weighted by Crippen LogP contribution is -2.31. The van der Waals surface area contributed by atoms with Gasteiger partial charge in [0.15, 0.2) is 0 Å². The van der Waals surface area contributed by atoms with Crippen molar-refractivity contribution in [2.24, 2.45) is 5.73 Å². The normalized spacial score (nSPS) is 12.5. The third-order valence-electron chi connectivity index (χ3n) is 2.05. The molecule has 0 radical (unpaired) electrons. The molecule has 0 rings (SSSR count). The van der Waals surface area contributed by atoms with Crippen LogP contribution in [0.15, 0.2) is 0 Å². The van der Waals surface area contributed by atoms with Gasteiger partial charge < -0.3 is 15.8 Å². The lowest BCUT2D eigenvalue weighted by molar-refractivity contribution is -0.125. The summed E-state index contributed by atoms with van der Waals surface area (Å²) in [5.41, 5.74) is 5.55. The molecule has 0 saturated heterocycles. The molecule has 15 heavy (non-hydrogen) atoms. The van der Waals surface area contributed by atoms with Crippen molar-refractivity contribution in [1.29, 1.82) is 0 Å². The highest BCUT2D eigenvalue weighted by molar-refractivity contribution is 5.77. The molecule has 90 valence electrons. The molecule has 0 bridgehead atoms. The Morgan fingerprint density at radius 3 is 2.80 bits per heavy atom. The lowest BCUT2D eigenvalue weighted by atomic mass is 10.2. The molecule has 4 heteroatoms. The standard InChI is InChI=1S/C11H24N2O2/c1-3-4-5-8-15-9-11(14)13-7-6-10(2)12/h10H,3-9,12H2,1-2H3,(H,13,14). The first kappa shape index (κ1) is 14.4. The van der Waals surface area contributed by atoms with Crippen molar-refractivity contribution in [2.75, 3.05) is 19.8 Å². The first-order valence-corrected chi connectivity index (χ1v) is 5.76. The van der Waals surface area contributed by atoms with Crippen molar-refractivity contribution in [1.82, 2.24) is 5.32 Å². The summed E-state index contributed by atoms with van der Waals surface area (Å²) in [5.74, 6) is -0.0489. The quantitative estimate of drug-likeness (QED) is 0.566. The summed E-state index contributed by atoms with van der Waals surface area (Å²) in [5, 5.41) is 2.76. The molecule has 1 atom stereocenters. The van der Waals surface area contributed by atoms with E-state index in [4.69, 9.17) is 10.5 Å². The van der Waals surface area contributed by atoms with Gasteiger partial charge in [-0.15, -0.1) is 0 Å². The largest absolute Gasteiger partial charge is 0.372 e. The van der Waals surface area contributed by atoms with Crippen LogP contribution in [0.1, 0.15) is 39.5 Å². The number of carbonyl (C=O) groups is 1. The van der Waals surface area contributed by atoms with Crippen LogP contribution in [0.4, 0.5) is 0 Å². The van der Waals surface area contributed by atoms with Crippen molar-refractivity contribution in [2.45, 2.75) is 45.6 Å². The van der Waals surface area contributed by atoms with Crippen molar-refractivity contribution >= 4 is 5.91 Å². The van der Waals surface area contributed by atoms with Crippen LogP contribution >= 0.6 is 0 Å². The Morgan fingerprint density at radius 2 is 2.20 bits per heavy atom. The second-order valence-electron chi connectivity index (χ2n) is 3.88. The molecule has 1 unspecified atom stereocenters. The number of nitrogens with one attached hydrogen (secondary N) is 1. The molecule has 0 aromatic heterocycles. The average molecular weight is 216 g/mol. The van der Waals surface area contributed by atoms with Crippen molar-refractivity contribution in [3.8, 4) is 0 Å². The predicted molar refractivity (Wildman–Crippen MR) is 61.6 cm³/mol. The highest BCUT2D eigenvalue weighted by atomic mass is 16.5. The number of amides is 1. The summed E-state index contributed by atoms with van der Waals surface area (Å²) in [7, 11) is 0. The van der Waals surface area contributed by atoms with Gasteiger partial charge in [0.05, 0.1) is 0 Å². The smallest absolute Gasteiger partial charge is 0.245 e. The topological polar surface area (TPSA) is 64.3 Å². The van der Waals surface area contributed by atoms with E-state index in [1.165, 1.54) is 6.42 Å². The molecular weight excluding hydrogens is 192 g/mol. The zero-order valence-corrected chi connectivity index (χ0v) is 9.92. The summed E-state index contributed by atoms with van der Waals surface area (Å²) in [6.07, 6.45) is 4.17. The summed E-state index contributed by atoms with van der Waals surface area (Å²) < 4.78 is 5.21. The Labute approximate surface area is 92.6 Å². The molecule has 0 aliphatic heterocycles. The second-order valence-corrected chi connectivity index (χ2v) is 3.88. The molecule has 0 aromatic rings. The molecule has 0 fully saturated rings. The fourth-order valence-corrected chi connectivity index (χ4v) is 1.11. The van der Waals surface area contributed by atoms with Crippen LogP contribution in [-0.2, 0) is 9.53 Å². The van der Waals surface area contributed by atoms with Crippen LogP contribution in [0.25, 0.3) is 0 Å². The number of hydrogen-bond donors (Lipinski definition) is 2. The van der Waals surface area contributed by atoms with Crippen LogP contribution in [0.5, 0.6) is 0 Å². The highest BCUT2D eigenvalue weighted by Gasteiger charge is 2.01. The van der Waals surface area contributed by atoms with Gasteiger partial charge in [0.2, 0.25) is 5.91 Å². The molecule has 0 saturated carbocycles. The van der Waals surface area contributed by atoms with Gasteiger partial charge >= 0.3 is 0 Å². The van der Waals surface area contributed by atoms with E-state index < -0.39 is 0 Å². The van der Waals surface area contributed by atoms with Gasteiger partial charge in [-0.1, -0.05) is 19.8 Å². The minimum Gasteiger partial charge on any atom is -0.372 e. The number of nitrogens with two attached hydrogens (primary N) is 1. The number of unbranched alkanes of at least 4 members (excludes halogenated alkanes) is 2. The van der Waals surface area contributed by atoms with E-state index in [-0.39, 0.29) is 18.6 Å². The molecular formula is C11H24N2O2. The van der Waals surface area contributed by atoms with Gasteiger partial charge in [0.25, 0.3) is 0 Å². The van der Waals surface area contributed by atoms with E-state index in [9.17, 15) is 4.79 Å². The number of carbonyl (C=O) groups excluding carboxylic acids is 1. The maximum atomic E-state index is 11.2. The monoisotopic (exact) mass is 216 g/mol. The van der Waals surface area contributed by atoms with E-state index in [2.05, 4.69) is 12.2 Å². The van der Waals surface area contributed by atoms with Gasteiger partial charge in [-0.2, -0.15) is 0 Å². The SMILES string of the molecule is CCCCCOCC(=O)NCCC(C)N. The fourth-order valence-electron chi connectivity index (χ4n) is 1.11. The molecule has 0 aromatic carbocycles. The fraction of sp³-hybridized carbons (Fsp3) is 0.909. The van der Waals surface area contributed by atoms with Gasteiger partial charge in [-0.3, -0.25) is 4.79 Å². The molecule has 0 spiro atoms. The van der Waals surface area contributed by atoms with Gasteiger partial charge in [0.1, 0.15) is 6.61 Å². The average Bonchev–Trinajstić information content (AvgIpc) is 2.17. The van der Waals surface area contributed by atoms with E-state index in [0.717, 1.165) is 19.3 Å². The third kappa shape index (κ3) is 11.3. The first-order valence-electron chi connectivity index (χ1n) is 5.76. The Kier molecular flexibility index (Phi) is 9.52. The predicted octanol–water partition coefficient (Wildman–Crippen LogP) is 1.05. The van der Waals surface area contributed by atoms with Crippen molar-refractivity contribution in [3.63, 3.8) is 0 Å². The van der Waals surface area contributed by atoms with Crippen molar-refractivity contribution in [3.05, 3.63) is 0 Å². The second kappa shape index (κ2) is 9.93. The minimum absolute atomic E-state index is 0.0489. The highest BCUT2D eigenvalue weighted by Crippen LogP contribution is 1.93. The number of rotatable bonds is 9. The van der Waals surface area contributed by atoms with Crippen LogP contribution in [0.3, 0.4) is 0 Å². The maximum Gasteiger partial charge on any atom is 0.245 e. The molecule has 3 N–H and O–H groups in total. The van der Waals surface area contributed by atoms with Gasteiger partial charge in [-0.05, 0) is 19.8 Å². The maximum absolute atomic E-state index is 11.2. The van der Waals surface area contributed by atoms with E-state index in [1.807, 2.05) is 6.92 Å². The molecule has 0 aliphatic carbocycles. The van der Waals surface area contributed by atoms with Crippen LogP contribution in [0.2, 0.25) is 0 Å². The summed E-state index contributed by atoms with van der Waals surface area (Å²) in [4.78, 5) is 11.2. The number of hydrogen-bond acceptors (Lipinski definition) is 3.